The van der Waals surface area contributed by atoms with Crippen molar-refractivity contribution in [3.8, 4) is 0 Å². The zero-order valence-corrected chi connectivity index (χ0v) is 15.5. The van der Waals surface area contributed by atoms with Gasteiger partial charge < -0.3 is 10.3 Å². The van der Waals surface area contributed by atoms with Crippen LogP contribution in [0.15, 0.2) is 36.5 Å². The molecule has 25 heavy (non-hydrogen) atoms. The van der Waals surface area contributed by atoms with E-state index in [1.165, 1.54) is 22.0 Å². The molecule has 2 heterocycles. The fraction of sp³-hybridized carbons (Fsp3) is 0.476. The average molecular weight is 339 g/mol. The fourth-order valence-corrected chi connectivity index (χ4v) is 3.60. The molecule has 0 fully saturated rings. The van der Waals surface area contributed by atoms with E-state index in [4.69, 9.17) is 0 Å². The molecule has 2 aromatic rings. The molecule has 0 unspecified atom stereocenters. The Morgan fingerprint density at radius 2 is 2.04 bits per heavy atom. The quantitative estimate of drug-likeness (QED) is 0.837. The molecule has 4 heteroatoms. The van der Waals surface area contributed by atoms with Gasteiger partial charge in [-0.05, 0) is 37.8 Å². The highest BCUT2D eigenvalue weighted by atomic mass is 16.2. The van der Waals surface area contributed by atoms with Gasteiger partial charge in [0.2, 0.25) is 5.91 Å². The number of carbonyl (C=O) groups is 1. The molecule has 0 saturated heterocycles. The Balaban J connectivity index is 1.67. The number of nitrogens with zero attached hydrogens (tertiary/aromatic N) is 1. The number of nitrogens with one attached hydrogen (secondary N) is 2. The van der Waals surface area contributed by atoms with E-state index in [1.54, 1.807) is 0 Å². The maximum Gasteiger partial charge on any atom is 0.237 e. The summed E-state index contributed by atoms with van der Waals surface area (Å²) < 4.78 is 0. The Hall–Kier alpha value is -2.07. The molecular weight excluding hydrogens is 310 g/mol. The number of benzene rings is 1. The molecular formula is C21H29N3O. The molecule has 1 aliphatic rings. The Kier molecular flexibility index (Phi) is 5.59. The number of carbonyl (C=O) groups excluding carboxylic acids is 1. The van der Waals surface area contributed by atoms with E-state index in [2.05, 4.69) is 65.6 Å². The number of amides is 1. The van der Waals surface area contributed by atoms with Crippen LogP contribution in [-0.2, 0) is 4.79 Å². The van der Waals surface area contributed by atoms with Crippen LogP contribution in [0.5, 0.6) is 0 Å². The van der Waals surface area contributed by atoms with Crippen LogP contribution in [-0.4, -0.2) is 41.0 Å². The van der Waals surface area contributed by atoms with Crippen LogP contribution in [0, 0.1) is 0 Å². The summed E-state index contributed by atoms with van der Waals surface area (Å²) in [6.07, 6.45) is 7.33. The van der Waals surface area contributed by atoms with Crippen LogP contribution >= 0.6 is 0 Å². The zero-order valence-electron chi connectivity index (χ0n) is 15.5. The van der Waals surface area contributed by atoms with Gasteiger partial charge in [0.15, 0.2) is 0 Å². The molecule has 0 aliphatic carbocycles. The molecule has 4 nitrogen and oxygen atoms in total. The highest BCUT2D eigenvalue weighted by Gasteiger charge is 2.25. The number of aromatic amines is 1. The second-order valence-corrected chi connectivity index (χ2v) is 6.92. The minimum Gasteiger partial charge on any atom is -0.361 e. The Labute approximate surface area is 150 Å². The van der Waals surface area contributed by atoms with E-state index in [0.717, 1.165) is 32.4 Å². The lowest BCUT2D eigenvalue weighted by Crippen LogP contribution is -2.49. The SMILES string of the molecule is CCC(CC)NC(=O)[C@H](C)N1CC=C(c2c[nH]c3ccccc23)CC1. The lowest BCUT2D eigenvalue weighted by Gasteiger charge is -2.32. The maximum absolute atomic E-state index is 12.5. The van der Waals surface area contributed by atoms with Crippen LogP contribution in [0.1, 0.15) is 45.6 Å². The lowest BCUT2D eigenvalue weighted by molar-refractivity contribution is -0.126. The van der Waals surface area contributed by atoms with E-state index in [9.17, 15) is 4.79 Å². The van der Waals surface area contributed by atoms with Crippen molar-refractivity contribution < 1.29 is 4.79 Å². The summed E-state index contributed by atoms with van der Waals surface area (Å²) >= 11 is 0. The van der Waals surface area contributed by atoms with Gasteiger partial charge in [-0.1, -0.05) is 38.1 Å². The van der Waals surface area contributed by atoms with Gasteiger partial charge >= 0.3 is 0 Å². The number of hydrogen-bond acceptors (Lipinski definition) is 2. The van der Waals surface area contributed by atoms with Gasteiger partial charge in [0.05, 0.1) is 6.04 Å². The second kappa shape index (κ2) is 7.87. The molecule has 1 aromatic carbocycles. The summed E-state index contributed by atoms with van der Waals surface area (Å²) in [6.45, 7) is 8.00. The van der Waals surface area contributed by atoms with Crippen molar-refractivity contribution in [1.29, 1.82) is 0 Å². The highest BCUT2D eigenvalue weighted by Crippen LogP contribution is 2.29. The summed E-state index contributed by atoms with van der Waals surface area (Å²) in [5.41, 5.74) is 3.85. The van der Waals surface area contributed by atoms with Crippen LogP contribution in [0.3, 0.4) is 0 Å². The van der Waals surface area contributed by atoms with Crippen molar-refractivity contribution in [1.82, 2.24) is 15.2 Å². The first-order valence-electron chi connectivity index (χ1n) is 9.44. The van der Waals surface area contributed by atoms with Gasteiger partial charge in [-0.25, -0.2) is 0 Å². The molecule has 2 N–H and O–H groups in total. The van der Waals surface area contributed by atoms with Crippen molar-refractivity contribution in [3.05, 3.63) is 42.1 Å². The molecule has 1 aromatic heterocycles. The zero-order chi connectivity index (χ0) is 17.8. The van der Waals surface area contributed by atoms with Gasteiger partial charge in [0.25, 0.3) is 0 Å². The fourth-order valence-electron chi connectivity index (χ4n) is 3.60. The van der Waals surface area contributed by atoms with E-state index in [-0.39, 0.29) is 18.0 Å². The summed E-state index contributed by atoms with van der Waals surface area (Å²) in [5, 5.41) is 4.45. The normalized spacial score (nSPS) is 16.9. The van der Waals surface area contributed by atoms with Crippen LogP contribution in [0.2, 0.25) is 0 Å². The number of para-hydroxylation sites is 1. The number of aromatic nitrogens is 1. The Bertz CT molecular complexity index is 757. The molecule has 0 spiro atoms. The molecule has 3 rings (SSSR count). The topological polar surface area (TPSA) is 48.1 Å². The minimum absolute atomic E-state index is 0.0821. The Morgan fingerprint density at radius 1 is 1.28 bits per heavy atom. The minimum atomic E-state index is -0.0821. The summed E-state index contributed by atoms with van der Waals surface area (Å²) in [7, 11) is 0. The van der Waals surface area contributed by atoms with Crippen LogP contribution < -0.4 is 5.32 Å². The van der Waals surface area contributed by atoms with Crippen LogP contribution in [0.4, 0.5) is 0 Å². The predicted octanol–water partition coefficient (Wildman–Crippen LogP) is 3.95. The van der Waals surface area contributed by atoms with Gasteiger partial charge in [-0.3, -0.25) is 9.69 Å². The molecule has 1 amide bonds. The predicted molar refractivity (Wildman–Crippen MR) is 104 cm³/mol. The maximum atomic E-state index is 12.5. The van der Waals surface area contributed by atoms with E-state index in [1.807, 2.05) is 6.92 Å². The summed E-state index contributed by atoms with van der Waals surface area (Å²) in [5.74, 6) is 0.151. The Morgan fingerprint density at radius 3 is 2.72 bits per heavy atom. The first-order valence-corrected chi connectivity index (χ1v) is 9.44. The van der Waals surface area contributed by atoms with Crippen molar-refractivity contribution in [3.63, 3.8) is 0 Å². The van der Waals surface area contributed by atoms with Gasteiger partial charge in [0.1, 0.15) is 0 Å². The molecule has 1 aliphatic heterocycles. The number of H-pyrrole nitrogens is 1. The third-order valence-electron chi connectivity index (χ3n) is 5.43. The van der Waals surface area contributed by atoms with Crippen LogP contribution in [0.25, 0.3) is 16.5 Å². The monoisotopic (exact) mass is 339 g/mol. The molecule has 0 bridgehead atoms. The average Bonchev–Trinajstić information content (AvgIpc) is 3.09. The standard InChI is InChI=1S/C21H29N3O/c1-4-17(5-2)23-21(25)15(3)24-12-10-16(11-13-24)19-14-22-20-9-7-6-8-18(19)20/h6-10,14-15,17,22H,4-5,11-13H2,1-3H3,(H,23,25)/t15-/m0/s1. The first-order chi connectivity index (χ1) is 12.1. The van der Waals surface area contributed by atoms with Gasteiger partial charge in [0, 0.05) is 41.8 Å². The third kappa shape index (κ3) is 3.79. The first kappa shape index (κ1) is 17.7. The number of hydrogen-bond donors (Lipinski definition) is 2. The highest BCUT2D eigenvalue weighted by molar-refractivity contribution is 5.92. The van der Waals surface area contributed by atoms with Crippen molar-refractivity contribution in [2.45, 2.75) is 52.1 Å². The van der Waals surface area contributed by atoms with Crippen molar-refractivity contribution in [2.24, 2.45) is 0 Å². The second-order valence-electron chi connectivity index (χ2n) is 6.92. The summed E-state index contributed by atoms with van der Waals surface area (Å²) in [4.78, 5) is 18.1. The molecule has 0 radical (unpaired) electrons. The molecule has 1 atom stereocenters. The lowest BCUT2D eigenvalue weighted by atomic mass is 9.98. The van der Waals surface area contributed by atoms with Crippen molar-refractivity contribution in [2.75, 3.05) is 13.1 Å². The van der Waals surface area contributed by atoms with Gasteiger partial charge in [-0.15, -0.1) is 0 Å². The van der Waals surface area contributed by atoms with E-state index >= 15 is 0 Å². The largest absolute Gasteiger partial charge is 0.361 e. The third-order valence-corrected chi connectivity index (χ3v) is 5.43. The van der Waals surface area contributed by atoms with Gasteiger partial charge in [-0.2, -0.15) is 0 Å². The summed E-state index contributed by atoms with van der Waals surface area (Å²) in [6, 6.07) is 8.62. The molecule has 0 saturated carbocycles. The molecule has 134 valence electrons. The van der Waals surface area contributed by atoms with Crippen molar-refractivity contribution >= 4 is 22.4 Å². The number of fused-ring (bicyclic) bond motifs is 1. The number of rotatable bonds is 6. The van der Waals surface area contributed by atoms with E-state index in [0.29, 0.717) is 0 Å². The smallest absolute Gasteiger partial charge is 0.237 e. The van der Waals surface area contributed by atoms with E-state index < -0.39 is 0 Å².